The largest absolute Gasteiger partial charge is 0.478 e. The summed E-state index contributed by atoms with van der Waals surface area (Å²) in [5.74, 6) is 0.755. The Morgan fingerprint density at radius 3 is 3.09 bits per heavy atom. The van der Waals surface area contributed by atoms with Crippen LogP contribution in [0.15, 0.2) is 24.3 Å². The predicted molar refractivity (Wildman–Crippen MR) is 84.2 cm³/mol. The highest BCUT2D eigenvalue weighted by Gasteiger charge is 2.14. The van der Waals surface area contributed by atoms with Gasteiger partial charge in [-0.15, -0.1) is 0 Å². The van der Waals surface area contributed by atoms with E-state index in [9.17, 15) is 4.79 Å². The highest BCUT2D eigenvalue weighted by atomic mass is 16.5. The van der Waals surface area contributed by atoms with Crippen LogP contribution in [0.4, 0.5) is 5.69 Å². The van der Waals surface area contributed by atoms with Crippen LogP contribution in [0.1, 0.15) is 28.0 Å². The number of nitrogens with zero attached hydrogens (tertiary/aromatic N) is 2. The lowest BCUT2D eigenvalue weighted by molar-refractivity contribution is 0.0962. The Bertz CT molecular complexity index is 670. The van der Waals surface area contributed by atoms with Crippen LogP contribution in [-0.2, 0) is 13.1 Å². The maximum Gasteiger partial charge on any atom is 0.251 e. The van der Waals surface area contributed by atoms with Crippen molar-refractivity contribution in [3.8, 4) is 5.88 Å². The third-order valence-corrected chi connectivity index (χ3v) is 3.82. The van der Waals surface area contributed by atoms with E-state index in [2.05, 4.69) is 15.7 Å². The Morgan fingerprint density at radius 2 is 2.32 bits per heavy atom. The van der Waals surface area contributed by atoms with E-state index >= 15 is 0 Å². The minimum Gasteiger partial charge on any atom is -0.478 e. The van der Waals surface area contributed by atoms with Crippen LogP contribution < -0.4 is 15.4 Å². The molecule has 1 aromatic carbocycles. The molecule has 0 unspecified atom stereocenters. The van der Waals surface area contributed by atoms with Crippen molar-refractivity contribution in [2.75, 3.05) is 19.0 Å². The number of amides is 1. The molecule has 6 nitrogen and oxygen atoms in total. The molecule has 0 aliphatic carbocycles. The average Bonchev–Trinajstić information content (AvgIpc) is 2.96. The number of carbonyl (C=O) groups excluding carboxylic acids is 1. The van der Waals surface area contributed by atoms with Crippen LogP contribution in [0.5, 0.6) is 5.88 Å². The van der Waals surface area contributed by atoms with Crippen molar-refractivity contribution < 1.29 is 9.53 Å². The molecule has 3 rings (SSSR count). The Kier molecular flexibility index (Phi) is 4.00. The SMILES string of the molecule is CNC(=O)c1cccc(NCc2cc3n(n2)CCCO3)c1C. The average molecular weight is 300 g/mol. The van der Waals surface area contributed by atoms with E-state index in [1.165, 1.54) is 0 Å². The highest BCUT2D eigenvalue weighted by Crippen LogP contribution is 2.22. The number of benzene rings is 1. The van der Waals surface area contributed by atoms with Crippen LogP contribution in [0, 0.1) is 6.92 Å². The van der Waals surface area contributed by atoms with E-state index in [-0.39, 0.29) is 5.91 Å². The second-order valence-corrected chi connectivity index (χ2v) is 5.31. The third-order valence-electron chi connectivity index (χ3n) is 3.82. The summed E-state index contributed by atoms with van der Waals surface area (Å²) in [7, 11) is 1.64. The zero-order valence-electron chi connectivity index (χ0n) is 12.8. The summed E-state index contributed by atoms with van der Waals surface area (Å²) >= 11 is 0. The molecule has 2 heterocycles. The molecule has 0 saturated carbocycles. The van der Waals surface area contributed by atoms with Crippen molar-refractivity contribution in [2.24, 2.45) is 0 Å². The Labute approximate surface area is 129 Å². The van der Waals surface area contributed by atoms with Gasteiger partial charge in [0.15, 0.2) is 0 Å². The molecule has 0 bridgehead atoms. The van der Waals surface area contributed by atoms with Crippen molar-refractivity contribution in [3.05, 3.63) is 41.1 Å². The molecule has 0 radical (unpaired) electrons. The van der Waals surface area contributed by atoms with Crippen molar-refractivity contribution in [1.29, 1.82) is 0 Å². The van der Waals surface area contributed by atoms with Crippen LogP contribution in [-0.4, -0.2) is 29.3 Å². The summed E-state index contributed by atoms with van der Waals surface area (Å²) in [6.07, 6.45) is 0.995. The van der Waals surface area contributed by atoms with E-state index in [1.54, 1.807) is 7.05 Å². The van der Waals surface area contributed by atoms with E-state index in [4.69, 9.17) is 4.74 Å². The minimum absolute atomic E-state index is 0.0768. The summed E-state index contributed by atoms with van der Waals surface area (Å²) < 4.78 is 7.46. The van der Waals surface area contributed by atoms with Gasteiger partial charge < -0.3 is 15.4 Å². The number of fused-ring (bicyclic) bond motifs is 1. The number of rotatable bonds is 4. The van der Waals surface area contributed by atoms with Crippen LogP contribution in [0.2, 0.25) is 0 Å². The Hall–Kier alpha value is -2.50. The topological polar surface area (TPSA) is 68.2 Å². The lowest BCUT2D eigenvalue weighted by atomic mass is 10.1. The molecule has 0 spiro atoms. The molecule has 22 heavy (non-hydrogen) atoms. The number of nitrogens with one attached hydrogen (secondary N) is 2. The van der Waals surface area contributed by atoms with Crippen molar-refractivity contribution in [1.82, 2.24) is 15.1 Å². The van der Waals surface area contributed by atoms with E-state index in [0.717, 1.165) is 42.4 Å². The Morgan fingerprint density at radius 1 is 1.45 bits per heavy atom. The molecular formula is C16H20N4O2. The van der Waals surface area contributed by atoms with Crippen molar-refractivity contribution in [2.45, 2.75) is 26.4 Å². The Balaban J connectivity index is 1.74. The van der Waals surface area contributed by atoms with Gasteiger partial charge >= 0.3 is 0 Å². The molecule has 2 aromatic rings. The van der Waals surface area contributed by atoms with Gasteiger partial charge in [0.1, 0.15) is 0 Å². The van der Waals surface area contributed by atoms with E-state index in [0.29, 0.717) is 12.1 Å². The van der Waals surface area contributed by atoms with Crippen molar-refractivity contribution in [3.63, 3.8) is 0 Å². The van der Waals surface area contributed by atoms with Gasteiger partial charge in [0.2, 0.25) is 5.88 Å². The first-order chi connectivity index (χ1) is 10.7. The summed E-state index contributed by atoms with van der Waals surface area (Å²) in [5, 5.41) is 10.5. The molecule has 2 N–H and O–H groups in total. The zero-order chi connectivity index (χ0) is 15.5. The van der Waals surface area contributed by atoms with Crippen LogP contribution in [0.3, 0.4) is 0 Å². The molecule has 1 amide bonds. The smallest absolute Gasteiger partial charge is 0.251 e. The van der Waals surface area contributed by atoms with E-state index < -0.39 is 0 Å². The number of anilines is 1. The molecule has 1 aliphatic heterocycles. The molecule has 0 fully saturated rings. The van der Waals surface area contributed by atoms with Gasteiger partial charge in [0.25, 0.3) is 5.91 Å². The quantitative estimate of drug-likeness (QED) is 0.905. The maximum atomic E-state index is 11.8. The normalized spacial score (nSPS) is 13.2. The van der Waals surface area contributed by atoms with Gasteiger partial charge in [-0.25, -0.2) is 4.68 Å². The first-order valence-corrected chi connectivity index (χ1v) is 7.44. The first-order valence-electron chi connectivity index (χ1n) is 7.44. The second-order valence-electron chi connectivity index (χ2n) is 5.31. The monoisotopic (exact) mass is 300 g/mol. The molecule has 0 saturated heterocycles. The number of ether oxygens (including phenoxy) is 1. The first kappa shape index (κ1) is 14.4. The molecule has 1 aliphatic rings. The predicted octanol–water partition coefficient (Wildman–Crippen LogP) is 1.95. The van der Waals surface area contributed by atoms with Gasteiger partial charge in [0, 0.05) is 37.3 Å². The summed E-state index contributed by atoms with van der Waals surface area (Å²) in [6.45, 7) is 4.20. The fourth-order valence-electron chi connectivity index (χ4n) is 2.60. The molecule has 0 atom stereocenters. The highest BCUT2D eigenvalue weighted by molar-refractivity contribution is 5.96. The minimum atomic E-state index is -0.0768. The van der Waals surface area contributed by atoms with Gasteiger partial charge in [-0.3, -0.25) is 4.79 Å². The summed E-state index contributed by atoms with van der Waals surface area (Å²) in [6, 6.07) is 7.63. The van der Waals surface area contributed by atoms with Gasteiger partial charge in [-0.1, -0.05) is 6.07 Å². The maximum absolute atomic E-state index is 11.8. The number of hydrogen-bond donors (Lipinski definition) is 2. The van der Waals surface area contributed by atoms with Crippen molar-refractivity contribution >= 4 is 11.6 Å². The van der Waals surface area contributed by atoms with Gasteiger partial charge in [0.05, 0.1) is 18.8 Å². The number of carbonyl (C=O) groups is 1. The standard InChI is InChI=1S/C16H20N4O2/c1-11-13(16(21)17-2)5-3-6-14(11)18-10-12-9-15-20(19-12)7-4-8-22-15/h3,5-6,9,18H,4,7-8,10H2,1-2H3,(H,17,21). The number of hydrogen-bond acceptors (Lipinski definition) is 4. The molecule has 6 heteroatoms. The number of aromatic nitrogens is 2. The number of aryl methyl sites for hydroxylation is 1. The third kappa shape index (κ3) is 2.77. The fourth-order valence-corrected chi connectivity index (χ4v) is 2.60. The molecular weight excluding hydrogens is 280 g/mol. The summed E-state index contributed by atoms with van der Waals surface area (Å²) in [5.41, 5.74) is 3.48. The summed E-state index contributed by atoms with van der Waals surface area (Å²) in [4.78, 5) is 11.8. The molecule has 116 valence electrons. The molecule has 1 aromatic heterocycles. The second kappa shape index (κ2) is 6.09. The lowest BCUT2D eigenvalue weighted by Gasteiger charge is -2.13. The van der Waals surface area contributed by atoms with Gasteiger partial charge in [-0.2, -0.15) is 5.10 Å². The van der Waals surface area contributed by atoms with Crippen LogP contribution in [0.25, 0.3) is 0 Å². The zero-order valence-corrected chi connectivity index (χ0v) is 12.8. The van der Waals surface area contributed by atoms with E-state index in [1.807, 2.05) is 35.9 Å². The van der Waals surface area contributed by atoms with Crippen LogP contribution >= 0.6 is 0 Å². The van der Waals surface area contributed by atoms with Gasteiger partial charge in [-0.05, 0) is 24.6 Å². The lowest BCUT2D eigenvalue weighted by Crippen LogP contribution is -2.19. The fraction of sp³-hybridized carbons (Fsp3) is 0.375.